The second-order valence-electron chi connectivity index (χ2n) is 4.10. The lowest BCUT2D eigenvalue weighted by Gasteiger charge is -1.70. The van der Waals surface area contributed by atoms with Gasteiger partial charge in [0, 0.05) is 15.3 Å². The van der Waals surface area contributed by atoms with Gasteiger partial charge in [0.2, 0.25) is 19.0 Å². The first kappa shape index (κ1) is 27.8. The molecule has 3 heterocycles. The summed E-state index contributed by atoms with van der Waals surface area (Å²) in [6.45, 7) is 0. The number of aromatic nitrogens is 9. The van der Waals surface area contributed by atoms with E-state index < -0.39 is 0 Å². The molecule has 3 aromatic rings. The maximum absolute atomic E-state index is 5.21. The highest BCUT2D eigenvalue weighted by atomic mass is 127. The number of hydrogen-bond acceptors (Lipinski definition) is 6. The van der Waals surface area contributed by atoms with Crippen LogP contribution in [-0.4, -0.2) is 29.3 Å². The van der Waals surface area contributed by atoms with Crippen LogP contribution in [-0.2, 0) is 21.1 Å². The summed E-state index contributed by atoms with van der Waals surface area (Å²) < 4.78 is 9.04. The first-order chi connectivity index (χ1) is 9.86. The molecule has 0 fully saturated rings. The molecule has 0 aromatic carbocycles. The van der Waals surface area contributed by atoms with Crippen LogP contribution in [0.2, 0.25) is 0 Å². The van der Waals surface area contributed by atoms with E-state index in [2.05, 4.69) is 15.3 Å². The third-order valence-electron chi connectivity index (χ3n) is 2.00. The predicted molar refractivity (Wildman–Crippen MR) is 70.7 cm³/mol. The van der Waals surface area contributed by atoms with Crippen molar-refractivity contribution in [2.75, 3.05) is 17.5 Å². The van der Waals surface area contributed by atoms with E-state index in [0.29, 0.717) is 0 Å². The summed E-state index contributed by atoms with van der Waals surface area (Å²) in [6.07, 6.45) is 9.58. The predicted octanol–water partition coefficient (Wildman–Crippen LogP) is -13.7. The highest BCUT2D eigenvalue weighted by Crippen LogP contribution is 1.61. The van der Waals surface area contributed by atoms with Crippen LogP contribution in [0.4, 0.5) is 0 Å². The smallest absolute Gasteiger partial charge is 0.286 e. The van der Waals surface area contributed by atoms with E-state index in [1.54, 1.807) is 33.0 Å². The Hall–Kier alpha value is -0.990. The van der Waals surface area contributed by atoms with Crippen molar-refractivity contribution >= 4 is 0 Å². The number of rotatable bonds is 0. The molecule has 0 bridgehead atoms. The molecule has 6 N–H and O–H groups in total. The fraction of sp³-hybridized carbons (Fsp3) is 0.333. The zero-order chi connectivity index (χ0) is 15.8. The lowest BCUT2D eigenvalue weighted by atomic mass is 11.2. The van der Waals surface area contributed by atoms with Gasteiger partial charge in [-0.1, -0.05) is 0 Å². The molecule has 3 aromatic heterocycles. The number of hydrogen-bond donors (Lipinski definition) is 3. The summed E-state index contributed by atoms with van der Waals surface area (Å²) in [7, 11) is 5.43. The Labute approximate surface area is 190 Å². The van der Waals surface area contributed by atoms with Gasteiger partial charge in [0.15, 0.2) is 0 Å². The van der Waals surface area contributed by atoms with Gasteiger partial charge in [0.05, 0.1) is 21.1 Å². The molecule has 15 heteroatoms. The Balaban J connectivity index is -0.000000259. The number of aryl methyl sites for hydroxylation is 3. The van der Waals surface area contributed by atoms with Crippen molar-refractivity contribution in [2.24, 2.45) is 21.1 Å². The summed E-state index contributed by atoms with van der Waals surface area (Å²) in [5.74, 6) is 15.6. The van der Waals surface area contributed by atoms with Gasteiger partial charge in [0.25, 0.3) is 19.0 Å². The summed E-state index contributed by atoms with van der Waals surface area (Å²) in [6, 6.07) is 0. The van der Waals surface area contributed by atoms with Gasteiger partial charge in [-0.25, -0.2) is 0 Å². The van der Waals surface area contributed by atoms with Gasteiger partial charge < -0.3 is 71.9 Å². The topological polar surface area (TPSA) is 143 Å². The van der Waals surface area contributed by atoms with Crippen molar-refractivity contribution in [3.63, 3.8) is 0 Å². The van der Waals surface area contributed by atoms with Crippen molar-refractivity contribution in [1.29, 1.82) is 0 Å². The van der Waals surface area contributed by atoms with Crippen LogP contribution in [0.5, 0.6) is 0 Å². The Morgan fingerprint density at radius 1 is 0.583 bits per heavy atom. The fourth-order valence-corrected chi connectivity index (χ4v) is 1.18. The van der Waals surface area contributed by atoms with Crippen LogP contribution in [0.25, 0.3) is 0 Å². The monoisotopic (exact) mass is 678 g/mol. The minimum Gasteiger partial charge on any atom is -1.00 e. The van der Waals surface area contributed by atoms with E-state index in [1.807, 2.05) is 21.1 Å². The first-order valence-electron chi connectivity index (χ1n) is 5.81. The molecular formula is C9H21I3N12. The molecule has 0 atom stereocenters. The van der Waals surface area contributed by atoms with Gasteiger partial charge in [-0.15, -0.1) is 28.1 Å². The maximum Gasteiger partial charge on any atom is 0.286 e. The zero-order valence-corrected chi connectivity index (χ0v) is 19.8. The van der Waals surface area contributed by atoms with Gasteiger partial charge >= 0.3 is 0 Å². The molecule has 0 spiro atoms. The molecule has 0 aliphatic carbocycles. The molecule has 0 amide bonds. The van der Waals surface area contributed by atoms with Gasteiger partial charge in [0.1, 0.15) is 0 Å². The van der Waals surface area contributed by atoms with E-state index in [0.717, 1.165) is 0 Å². The largest absolute Gasteiger partial charge is 1.00 e. The molecular weight excluding hydrogens is 657 g/mol. The minimum absolute atomic E-state index is 0. The van der Waals surface area contributed by atoms with Crippen molar-refractivity contribution in [3.05, 3.63) is 38.0 Å². The standard InChI is InChI=1S/3C3H7N4.3HI/c3*1-6-3-7(4)2-5-6;;;/h3*2-3H,4H2,1H3;3*1H/q3*+1;;;/p-3. The van der Waals surface area contributed by atoms with Crippen LogP contribution >= 0.6 is 0 Å². The second kappa shape index (κ2) is 14.4. The molecule has 0 radical (unpaired) electrons. The third kappa shape index (κ3) is 12.4. The number of nitrogens with zero attached hydrogens (tertiary/aromatic N) is 9. The van der Waals surface area contributed by atoms with Crippen LogP contribution in [0.1, 0.15) is 0 Å². The van der Waals surface area contributed by atoms with Gasteiger partial charge in [-0.2, -0.15) is 0 Å². The summed E-state index contributed by atoms with van der Waals surface area (Å²) in [4.78, 5) is 0. The maximum atomic E-state index is 5.21. The normalized spacial score (nSPS) is 8.12. The lowest BCUT2D eigenvalue weighted by molar-refractivity contribution is -0.639. The Morgan fingerprint density at radius 2 is 0.792 bits per heavy atom. The summed E-state index contributed by atoms with van der Waals surface area (Å²) in [5, 5.41) is 11.3. The van der Waals surface area contributed by atoms with Crippen molar-refractivity contribution in [3.8, 4) is 0 Å². The molecule has 0 unspecified atom stereocenters. The van der Waals surface area contributed by atoms with Gasteiger partial charge in [-0.05, 0) is 0 Å². The Kier molecular flexibility index (Phi) is 16.7. The first-order valence-corrected chi connectivity index (χ1v) is 5.81. The van der Waals surface area contributed by atoms with E-state index in [9.17, 15) is 0 Å². The second-order valence-corrected chi connectivity index (χ2v) is 4.10. The van der Waals surface area contributed by atoms with E-state index in [-0.39, 0.29) is 71.9 Å². The fourth-order valence-electron chi connectivity index (χ4n) is 1.18. The Morgan fingerprint density at radius 3 is 0.833 bits per heavy atom. The van der Waals surface area contributed by atoms with Gasteiger partial charge in [-0.3, -0.25) is 17.5 Å². The quantitative estimate of drug-likeness (QED) is 0.123. The van der Waals surface area contributed by atoms with Crippen LogP contribution in [0, 0.1) is 0 Å². The molecule has 0 aliphatic heterocycles. The molecule has 0 saturated carbocycles. The van der Waals surface area contributed by atoms with Crippen LogP contribution in [0.3, 0.4) is 0 Å². The molecule has 138 valence electrons. The van der Waals surface area contributed by atoms with E-state index in [1.165, 1.54) is 33.0 Å². The average molecular weight is 678 g/mol. The summed E-state index contributed by atoms with van der Waals surface area (Å²) >= 11 is 0. The van der Waals surface area contributed by atoms with E-state index >= 15 is 0 Å². The average Bonchev–Trinajstić information content (AvgIpc) is 3.06. The third-order valence-corrected chi connectivity index (χ3v) is 2.00. The van der Waals surface area contributed by atoms with Crippen LogP contribution in [0.15, 0.2) is 38.0 Å². The number of halogens is 3. The summed E-state index contributed by atoms with van der Waals surface area (Å²) in [5.41, 5.74) is 0. The van der Waals surface area contributed by atoms with Crippen LogP contribution < -0.4 is 103 Å². The molecule has 0 saturated heterocycles. The number of nitrogens with two attached hydrogens (primary N) is 3. The SMILES string of the molecule is Cn1c[n+](N)cn1.Cn1c[n+](N)cn1.Cn1c[n+](N)cn1.[I-].[I-].[I-]. The lowest BCUT2D eigenvalue weighted by Crippen LogP contribution is -3.00. The highest BCUT2D eigenvalue weighted by molar-refractivity contribution is 4.37. The van der Waals surface area contributed by atoms with Crippen molar-refractivity contribution < 1.29 is 86.0 Å². The van der Waals surface area contributed by atoms with Crippen molar-refractivity contribution in [1.82, 2.24) is 29.3 Å². The molecule has 0 aliphatic rings. The molecule has 24 heavy (non-hydrogen) atoms. The zero-order valence-electron chi connectivity index (χ0n) is 13.4. The molecule has 3 rings (SSSR count). The highest BCUT2D eigenvalue weighted by Gasteiger charge is 1.92. The minimum atomic E-state index is 0. The van der Waals surface area contributed by atoms with E-state index in [4.69, 9.17) is 17.5 Å². The number of nitrogen functional groups attached to an aromatic ring is 3. The molecule has 12 nitrogen and oxygen atoms in total. The Bertz CT molecular complexity index is 522. The van der Waals surface area contributed by atoms with Crippen molar-refractivity contribution in [2.45, 2.75) is 0 Å².